The molecule has 1 atom stereocenters. The summed E-state index contributed by atoms with van der Waals surface area (Å²) < 4.78 is 29.9. The first-order chi connectivity index (χ1) is 12.3. The molecule has 0 aliphatic carbocycles. The number of nitrogens with one attached hydrogen (secondary N) is 1. The number of sulfonamides is 1. The summed E-state index contributed by atoms with van der Waals surface area (Å²) in [6.07, 6.45) is 4.02. The quantitative estimate of drug-likeness (QED) is 0.653. The lowest BCUT2D eigenvalue weighted by Crippen LogP contribution is -2.37. The van der Waals surface area contributed by atoms with Gasteiger partial charge in [0.15, 0.2) is 6.10 Å². The lowest BCUT2D eigenvalue weighted by molar-refractivity contribution is -0.127. The Morgan fingerprint density at radius 1 is 1.27 bits per heavy atom. The fourth-order valence-electron chi connectivity index (χ4n) is 2.85. The number of ether oxygens (including phenoxy) is 1. The summed E-state index contributed by atoms with van der Waals surface area (Å²) in [6.45, 7) is 5.69. The number of anilines is 1. The van der Waals surface area contributed by atoms with Crippen LogP contribution in [0.4, 0.5) is 5.69 Å². The molecular formula is C18H29N3O4S. The molecule has 1 heterocycles. The molecule has 7 nitrogen and oxygen atoms in total. The van der Waals surface area contributed by atoms with Crippen LogP contribution in [-0.2, 0) is 14.8 Å². The van der Waals surface area contributed by atoms with Gasteiger partial charge < -0.3 is 15.0 Å². The van der Waals surface area contributed by atoms with Gasteiger partial charge in [-0.3, -0.25) is 9.10 Å². The van der Waals surface area contributed by atoms with Crippen molar-refractivity contribution < 1.29 is 17.9 Å². The summed E-state index contributed by atoms with van der Waals surface area (Å²) in [4.78, 5) is 14.5. The Morgan fingerprint density at radius 2 is 1.88 bits per heavy atom. The highest BCUT2D eigenvalue weighted by atomic mass is 32.2. The average Bonchev–Trinajstić information content (AvgIpc) is 3.11. The Labute approximate surface area is 156 Å². The van der Waals surface area contributed by atoms with E-state index in [4.69, 9.17) is 4.74 Å². The first-order valence-corrected chi connectivity index (χ1v) is 10.8. The molecule has 1 aliphatic rings. The number of rotatable bonds is 9. The maximum Gasteiger partial charge on any atom is 0.260 e. The zero-order chi connectivity index (χ0) is 19.2. The van der Waals surface area contributed by atoms with Crippen molar-refractivity contribution in [2.45, 2.75) is 32.3 Å². The number of amides is 1. The number of likely N-dealkylation sites (tertiary alicyclic amines) is 1. The van der Waals surface area contributed by atoms with Crippen LogP contribution in [0.2, 0.25) is 0 Å². The van der Waals surface area contributed by atoms with Gasteiger partial charge in [-0.05, 0) is 70.1 Å². The maximum atomic E-state index is 12.1. The number of carbonyl (C=O) groups excluding carboxylic acids is 1. The van der Waals surface area contributed by atoms with Crippen LogP contribution < -0.4 is 14.4 Å². The first kappa shape index (κ1) is 20.5. The van der Waals surface area contributed by atoms with E-state index in [0.717, 1.165) is 32.3 Å². The van der Waals surface area contributed by atoms with Crippen molar-refractivity contribution in [3.63, 3.8) is 0 Å². The lowest BCUT2D eigenvalue weighted by Gasteiger charge is -2.18. The highest BCUT2D eigenvalue weighted by Crippen LogP contribution is 2.21. The zero-order valence-electron chi connectivity index (χ0n) is 15.8. The van der Waals surface area contributed by atoms with E-state index in [1.807, 2.05) is 0 Å². The van der Waals surface area contributed by atoms with E-state index in [0.29, 0.717) is 18.0 Å². The lowest BCUT2D eigenvalue weighted by atomic mass is 10.3. The number of benzene rings is 1. The Morgan fingerprint density at radius 3 is 2.46 bits per heavy atom. The predicted molar refractivity (Wildman–Crippen MR) is 103 cm³/mol. The molecule has 26 heavy (non-hydrogen) atoms. The average molecular weight is 384 g/mol. The topological polar surface area (TPSA) is 78.9 Å². The summed E-state index contributed by atoms with van der Waals surface area (Å²) >= 11 is 0. The number of hydrogen-bond donors (Lipinski definition) is 1. The highest BCUT2D eigenvalue weighted by Gasteiger charge is 2.16. The first-order valence-electron chi connectivity index (χ1n) is 8.98. The third-order valence-corrected chi connectivity index (χ3v) is 5.73. The fraction of sp³-hybridized carbons (Fsp3) is 0.611. The van der Waals surface area contributed by atoms with E-state index in [-0.39, 0.29) is 5.91 Å². The molecule has 1 amide bonds. The largest absolute Gasteiger partial charge is 0.481 e. The summed E-state index contributed by atoms with van der Waals surface area (Å²) in [5.41, 5.74) is 0.541. The molecule has 8 heteroatoms. The van der Waals surface area contributed by atoms with Crippen molar-refractivity contribution in [1.82, 2.24) is 10.2 Å². The van der Waals surface area contributed by atoms with E-state index in [1.54, 1.807) is 31.2 Å². The highest BCUT2D eigenvalue weighted by molar-refractivity contribution is 7.92. The van der Waals surface area contributed by atoms with Gasteiger partial charge in [0.05, 0.1) is 11.9 Å². The van der Waals surface area contributed by atoms with E-state index >= 15 is 0 Å². The summed E-state index contributed by atoms with van der Waals surface area (Å²) in [6, 6.07) is 6.62. The van der Waals surface area contributed by atoms with Gasteiger partial charge in [0.1, 0.15) is 5.75 Å². The van der Waals surface area contributed by atoms with Crippen LogP contribution in [-0.4, -0.2) is 64.8 Å². The standard InChI is InChI=1S/C18H29N3O4S/c1-15(18(22)19-11-6-14-21-12-4-5-13-21)25-17-9-7-16(8-10-17)20(2)26(3,23)24/h7-10,15H,4-6,11-14H2,1-3H3,(H,19,22)/t15-/m0/s1. The molecule has 1 N–H and O–H groups in total. The van der Waals surface area contributed by atoms with Crippen molar-refractivity contribution in [2.75, 3.05) is 43.8 Å². The molecule has 2 rings (SSSR count). The molecule has 1 saturated heterocycles. The monoisotopic (exact) mass is 383 g/mol. The van der Waals surface area contributed by atoms with Gasteiger partial charge in [0, 0.05) is 13.6 Å². The smallest absolute Gasteiger partial charge is 0.260 e. The van der Waals surface area contributed by atoms with E-state index in [9.17, 15) is 13.2 Å². The van der Waals surface area contributed by atoms with Gasteiger partial charge in [-0.2, -0.15) is 0 Å². The third-order valence-electron chi connectivity index (χ3n) is 4.53. The molecule has 0 unspecified atom stereocenters. The summed E-state index contributed by atoms with van der Waals surface area (Å²) in [7, 11) is -1.81. The van der Waals surface area contributed by atoms with Gasteiger partial charge in [0.25, 0.3) is 5.91 Å². The Balaban J connectivity index is 1.75. The van der Waals surface area contributed by atoms with Crippen molar-refractivity contribution in [3.8, 4) is 5.75 Å². The molecule has 1 fully saturated rings. The van der Waals surface area contributed by atoms with Gasteiger partial charge in [0.2, 0.25) is 10.0 Å². The van der Waals surface area contributed by atoms with E-state index < -0.39 is 16.1 Å². The van der Waals surface area contributed by atoms with Crippen LogP contribution in [0.3, 0.4) is 0 Å². The van der Waals surface area contributed by atoms with E-state index in [1.165, 1.54) is 24.2 Å². The molecule has 146 valence electrons. The van der Waals surface area contributed by atoms with Crippen LogP contribution >= 0.6 is 0 Å². The molecule has 1 aliphatic heterocycles. The van der Waals surface area contributed by atoms with Gasteiger partial charge in [-0.25, -0.2) is 8.42 Å². The minimum absolute atomic E-state index is 0.149. The Kier molecular flexibility index (Phi) is 7.28. The number of nitrogens with zero attached hydrogens (tertiary/aromatic N) is 2. The number of hydrogen-bond acceptors (Lipinski definition) is 5. The fourth-order valence-corrected chi connectivity index (χ4v) is 3.35. The summed E-state index contributed by atoms with van der Waals surface area (Å²) in [5, 5.41) is 2.90. The third kappa shape index (κ3) is 6.17. The summed E-state index contributed by atoms with van der Waals surface area (Å²) in [5.74, 6) is 0.374. The molecule has 1 aromatic carbocycles. The van der Waals surface area contributed by atoms with Gasteiger partial charge in [-0.1, -0.05) is 0 Å². The second kappa shape index (κ2) is 9.23. The number of carbonyl (C=O) groups is 1. The van der Waals surface area contributed by atoms with Crippen molar-refractivity contribution >= 4 is 21.6 Å². The molecule has 0 aromatic heterocycles. The molecule has 0 saturated carbocycles. The molecule has 0 spiro atoms. The molecule has 0 radical (unpaired) electrons. The molecular weight excluding hydrogens is 354 g/mol. The predicted octanol–water partition coefficient (Wildman–Crippen LogP) is 1.45. The SMILES string of the molecule is C[C@H](Oc1ccc(N(C)S(C)(=O)=O)cc1)C(=O)NCCCN1CCCC1. The van der Waals surface area contributed by atoms with Gasteiger partial charge in [-0.15, -0.1) is 0 Å². The molecule has 1 aromatic rings. The van der Waals surface area contributed by atoms with Gasteiger partial charge >= 0.3 is 0 Å². The van der Waals surface area contributed by atoms with Crippen LogP contribution in [0.5, 0.6) is 5.75 Å². The van der Waals surface area contributed by atoms with Crippen molar-refractivity contribution in [1.29, 1.82) is 0 Å². The van der Waals surface area contributed by atoms with Crippen molar-refractivity contribution in [2.24, 2.45) is 0 Å². The molecule has 0 bridgehead atoms. The second-order valence-electron chi connectivity index (χ2n) is 6.68. The van der Waals surface area contributed by atoms with Crippen LogP contribution in [0.15, 0.2) is 24.3 Å². The maximum absolute atomic E-state index is 12.1. The zero-order valence-corrected chi connectivity index (χ0v) is 16.6. The van der Waals surface area contributed by atoms with E-state index in [2.05, 4.69) is 10.2 Å². The van der Waals surface area contributed by atoms with Crippen LogP contribution in [0, 0.1) is 0 Å². The normalized spacial score (nSPS) is 16.3. The second-order valence-corrected chi connectivity index (χ2v) is 8.69. The minimum Gasteiger partial charge on any atom is -0.481 e. The Bertz CT molecular complexity index is 685. The Hall–Kier alpha value is -1.80. The van der Waals surface area contributed by atoms with Crippen LogP contribution in [0.25, 0.3) is 0 Å². The van der Waals surface area contributed by atoms with Crippen molar-refractivity contribution in [3.05, 3.63) is 24.3 Å². The van der Waals surface area contributed by atoms with Crippen LogP contribution in [0.1, 0.15) is 26.2 Å². The minimum atomic E-state index is -3.30.